The number of rotatable bonds is 6. The second kappa shape index (κ2) is 10.3. The molecule has 0 aromatic heterocycles. The molecule has 1 aliphatic carbocycles. The van der Waals surface area contributed by atoms with Crippen LogP contribution < -0.4 is 25.4 Å². The Morgan fingerprint density at radius 3 is 2.17 bits per heavy atom. The lowest BCUT2D eigenvalue weighted by Crippen LogP contribution is -2.43. The van der Waals surface area contributed by atoms with Gasteiger partial charge in [0.25, 0.3) is 5.91 Å². The molecule has 2 aromatic carbocycles. The molecule has 0 bridgehead atoms. The summed E-state index contributed by atoms with van der Waals surface area (Å²) in [5.74, 6) is 1.43. The predicted octanol–water partition coefficient (Wildman–Crippen LogP) is 4.82. The summed E-state index contributed by atoms with van der Waals surface area (Å²) >= 11 is 5.54. The fourth-order valence-corrected chi connectivity index (χ4v) is 4.00. The van der Waals surface area contributed by atoms with Crippen molar-refractivity contribution < 1.29 is 14.3 Å². The van der Waals surface area contributed by atoms with E-state index in [4.69, 9.17) is 21.7 Å². The van der Waals surface area contributed by atoms with E-state index in [0.29, 0.717) is 45.5 Å². The van der Waals surface area contributed by atoms with Crippen molar-refractivity contribution in [3.63, 3.8) is 0 Å². The Morgan fingerprint density at radius 2 is 1.57 bits per heavy atom. The molecule has 160 valence electrons. The third-order valence-electron chi connectivity index (χ3n) is 5.48. The number of carbonyl (C=O) groups is 1. The van der Waals surface area contributed by atoms with Crippen LogP contribution in [0.4, 0.5) is 11.4 Å². The minimum Gasteiger partial charge on any atom is -0.494 e. The first kappa shape index (κ1) is 21.9. The molecule has 0 unspecified atom stereocenters. The fraction of sp³-hybridized carbons (Fsp3) is 0.391. The SMILES string of the molecule is COc1cc(NC(=S)N[C@H]2CCCC[C@H]2C)c(OC)cc1NC(=O)c1ccccc1. The van der Waals surface area contributed by atoms with E-state index in [-0.39, 0.29) is 5.91 Å². The summed E-state index contributed by atoms with van der Waals surface area (Å²) < 4.78 is 11.0. The molecule has 0 aliphatic heterocycles. The Kier molecular flexibility index (Phi) is 7.52. The Morgan fingerprint density at radius 1 is 0.967 bits per heavy atom. The number of nitrogens with one attached hydrogen (secondary N) is 3. The van der Waals surface area contributed by atoms with Crippen LogP contribution in [0.5, 0.6) is 11.5 Å². The first-order valence-corrected chi connectivity index (χ1v) is 10.6. The number of thiocarbonyl (C=S) groups is 1. The van der Waals surface area contributed by atoms with Gasteiger partial charge in [-0.2, -0.15) is 0 Å². The number of hydrogen-bond acceptors (Lipinski definition) is 4. The predicted molar refractivity (Wildman–Crippen MR) is 125 cm³/mol. The minimum atomic E-state index is -0.222. The van der Waals surface area contributed by atoms with Crippen molar-refractivity contribution in [1.82, 2.24) is 5.32 Å². The van der Waals surface area contributed by atoms with E-state index in [0.717, 1.165) is 6.42 Å². The second-order valence-corrected chi connectivity index (χ2v) is 7.95. The van der Waals surface area contributed by atoms with E-state index in [1.165, 1.54) is 19.3 Å². The first-order valence-electron chi connectivity index (χ1n) is 10.2. The highest BCUT2D eigenvalue weighted by molar-refractivity contribution is 7.80. The maximum Gasteiger partial charge on any atom is 0.255 e. The zero-order chi connectivity index (χ0) is 21.5. The zero-order valence-corrected chi connectivity index (χ0v) is 18.5. The van der Waals surface area contributed by atoms with Gasteiger partial charge in [-0.25, -0.2) is 0 Å². The summed E-state index contributed by atoms with van der Waals surface area (Å²) in [7, 11) is 3.14. The number of amides is 1. The summed E-state index contributed by atoms with van der Waals surface area (Å²) in [5.41, 5.74) is 1.76. The van der Waals surface area contributed by atoms with Gasteiger partial charge in [-0.3, -0.25) is 4.79 Å². The molecule has 6 nitrogen and oxygen atoms in total. The Hall–Kier alpha value is -2.80. The van der Waals surface area contributed by atoms with E-state index in [9.17, 15) is 4.79 Å². The monoisotopic (exact) mass is 427 g/mol. The topological polar surface area (TPSA) is 71.6 Å². The molecule has 7 heteroatoms. The van der Waals surface area contributed by atoms with Gasteiger partial charge in [0.05, 0.1) is 25.6 Å². The van der Waals surface area contributed by atoms with Crippen LogP contribution in [0.15, 0.2) is 42.5 Å². The molecule has 0 heterocycles. The van der Waals surface area contributed by atoms with Gasteiger partial charge in [-0.15, -0.1) is 0 Å². The summed E-state index contributed by atoms with van der Waals surface area (Å²) in [6, 6.07) is 12.9. The van der Waals surface area contributed by atoms with Gasteiger partial charge < -0.3 is 25.4 Å². The molecule has 1 amide bonds. The molecule has 2 atom stereocenters. The Balaban J connectivity index is 1.75. The summed E-state index contributed by atoms with van der Waals surface area (Å²) in [4.78, 5) is 12.5. The average Bonchev–Trinajstić information content (AvgIpc) is 2.76. The summed E-state index contributed by atoms with van der Waals surface area (Å²) in [6.45, 7) is 2.26. The van der Waals surface area contributed by atoms with Crippen LogP contribution in [0.3, 0.4) is 0 Å². The molecule has 2 aromatic rings. The van der Waals surface area contributed by atoms with Crippen LogP contribution in [0.25, 0.3) is 0 Å². The van der Waals surface area contributed by atoms with Crippen molar-refractivity contribution in [2.24, 2.45) is 5.92 Å². The first-order chi connectivity index (χ1) is 14.5. The van der Waals surface area contributed by atoms with E-state index >= 15 is 0 Å². The lowest BCUT2D eigenvalue weighted by Gasteiger charge is -2.30. The molecular formula is C23H29N3O3S. The maximum absolute atomic E-state index is 12.5. The van der Waals surface area contributed by atoms with Crippen LogP contribution in [-0.4, -0.2) is 31.3 Å². The number of benzene rings is 2. The van der Waals surface area contributed by atoms with Gasteiger partial charge in [-0.05, 0) is 43.1 Å². The number of anilines is 2. The van der Waals surface area contributed by atoms with Crippen molar-refractivity contribution in [3.8, 4) is 11.5 Å². The highest BCUT2D eigenvalue weighted by atomic mass is 32.1. The number of ether oxygens (including phenoxy) is 2. The smallest absolute Gasteiger partial charge is 0.255 e. The van der Waals surface area contributed by atoms with E-state index in [1.807, 2.05) is 18.2 Å². The number of carbonyl (C=O) groups excluding carboxylic acids is 1. The lowest BCUT2D eigenvalue weighted by atomic mass is 9.86. The van der Waals surface area contributed by atoms with Crippen LogP contribution in [-0.2, 0) is 0 Å². The highest BCUT2D eigenvalue weighted by Crippen LogP contribution is 2.36. The molecule has 30 heavy (non-hydrogen) atoms. The molecule has 0 saturated heterocycles. The minimum absolute atomic E-state index is 0.222. The second-order valence-electron chi connectivity index (χ2n) is 7.54. The van der Waals surface area contributed by atoms with Crippen molar-refractivity contribution in [3.05, 3.63) is 48.0 Å². The average molecular weight is 428 g/mol. The third-order valence-corrected chi connectivity index (χ3v) is 5.70. The van der Waals surface area contributed by atoms with E-state index in [1.54, 1.807) is 38.5 Å². The molecular weight excluding hydrogens is 398 g/mol. The van der Waals surface area contributed by atoms with Crippen LogP contribution >= 0.6 is 12.2 Å². The van der Waals surface area contributed by atoms with Gasteiger partial charge in [0.1, 0.15) is 11.5 Å². The van der Waals surface area contributed by atoms with Gasteiger partial charge >= 0.3 is 0 Å². The van der Waals surface area contributed by atoms with Gasteiger partial charge in [0.15, 0.2) is 5.11 Å². The lowest BCUT2D eigenvalue weighted by molar-refractivity contribution is 0.102. The highest BCUT2D eigenvalue weighted by Gasteiger charge is 2.22. The van der Waals surface area contributed by atoms with Crippen molar-refractivity contribution in [2.75, 3.05) is 24.9 Å². The fourth-order valence-electron chi connectivity index (χ4n) is 3.73. The largest absolute Gasteiger partial charge is 0.494 e. The van der Waals surface area contributed by atoms with E-state index < -0.39 is 0 Å². The molecule has 1 aliphatic rings. The normalized spacial score (nSPS) is 18.2. The summed E-state index contributed by atoms with van der Waals surface area (Å²) in [6.07, 6.45) is 4.83. The Bertz CT molecular complexity index is 889. The van der Waals surface area contributed by atoms with Crippen molar-refractivity contribution in [2.45, 2.75) is 38.6 Å². The molecule has 1 fully saturated rings. The zero-order valence-electron chi connectivity index (χ0n) is 17.7. The summed E-state index contributed by atoms with van der Waals surface area (Å²) in [5, 5.41) is 10.1. The number of hydrogen-bond donors (Lipinski definition) is 3. The Labute approximate surface area is 183 Å². The van der Waals surface area contributed by atoms with Crippen molar-refractivity contribution >= 4 is 34.6 Å². The molecule has 3 N–H and O–H groups in total. The molecule has 0 spiro atoms. The quantitative estimate of drug-likeness (QED) is 0.574. The standard InChI is InChI=1S/C23H29N3O3S/c1-15-9-7-8-12-17(15)25-23(30)26-19-14-20(28-2)18(13-21(19)29-3)24-22(27)16-10-5-4-6-11-16/h4-6,10-11,13-15,17H,7-9,12H2,1-3H3,(H,24,27)(H2,25,26,30)/t15-,17+/m1/s1. The number of methoxy groups -OCH3 is 2. The van der Waals surface area contributed by atoms with Crippen LogP contribution in [0, 0.1) is 5.92 Å². The van der Waals surface area contributed by atoms with Crippen LogP contribution in [0.2, 0.25) is 0 Å². The van der Waals surface area contributed by atoms with Gasteiger partial charge in [-0.1, -0.05) is 38.0 Å². The molecule has 3 rings (SSSR count). The third kappa shape index (κ3) is 5.42. The van der Waals surface area contributed by atoms with Crippen molar-refractivity contribution in [1.29, 1.82) is 0 Å². The molecule has 0 radical (unpaired) electrons. The molecule has 1 saturated carbocycles. The van der Waals surface area contributed by atoms with E-state index in [2.05, 4.69) is 22.9 Å². The van der Waals surface area contributed by atoms with Gasteiger partial charge in [0.2, 0.25) is 0 Å². The maximum atomic E-state index is 12.5. The van der Waals surface area contributed by atoms with Crippen LogP contribution in [0.1, 0.15) is 43.0 Å². The van der Waals surface area contributed by atoms with Gasteiger partial charge in [0, 0.05) is 23.7 Å².